The Hall–Kier alpha value is -3.81. The van der Waals surface area contributed by atoms with Gasteiger partial charge in [0, 0.05) is 30.4 Å². The van der Waals surface area contributed by atoms with Crippen LogP contribution in [0.15, 0.2) is 69.6 Å². The molecule has 0 saturated carbocycles. The lowest BCUT2D eigenvalue weighted by molar-refractivity contribution is 0.398. The second kappa shape index (κ2) is 8.05. The van der Waals surface area contributed by atoms with Crippen LogP contribution in [0.3, 0.4) is 0 Å². The molecule has 2 N–H and O–H groups in total. The van der Waals surface area contributed by atoms with Gasteiger partial charge in [-0.1, -0.05) is 24.8 Å². The Morgan fingerprint density at radius 2 is 1.93 bits per heavy atom. The van der Waals surface area contributed by atoms with Crippen LogP contribution in [0, 0.1) is 0 Å². The predicted molar refractivity (Wildman–Crippen MR) is 104 cm³/mol. The number of ether oxygens (including phenoxy) is 1. The molecule has 0 atom stereocenters. The number of amidine groups is 1. The molecule has 8 nitrogen and oxygen atoms in total. The molecule has 27 heavy (non-hydrogen) atoms. The number of aliphatic imine (C=N–C) groups is 2. The van der Waals surface area contributed by atoms with Crippen LogP contribution < -0.4 is 10.5 Å². The highest BCUT2D eigenvalue weighted by Gasteiger charge is 2.18. The van der Waals surface area contributed by atoms with E-state index < -0.39 is 0 Å². The Kier molecular flexibility index (Phi) is 5.36. The molecule has 0 bridgehead atoms. The van der Waals surface area contributed by atoms with Gasteiger partial charge in [-0.15, -0.1) is 10.2 Å². The van der Waals surface area contributed by atoms with Crippen molar-refractivity contribution in [3.8, 4) is 17.3 Å². The van der Waals surface area contributed by atoms with Gasteiger partial charge in [0.1, 0.15) is 5.84 Å². The third-order valence-electron chi connectivity index (χ3n) is 3.66. The topological polar surface area (TPSA) is 112 Å². The van der Waals surface area contributed by atoms with Crippen LogP contribution in [0.5, 0.6) is 5.88 Å². The SMILES string of the molecule is C=C(N=C(C(N)=NC)c1nnc(-c2ccccc2)o1)c1ccc(OC)nc1. The van der Waals surface area contributed by atoms with Gasteiger partial charge in [0.25, 0.3) is 5.89 Å². The molecular formula is C19H18N6O2. The zero-order valence-electron chi connectivity index (χ0n) is 15.0. The van der Waals surface area contributed by atoms with Gasteiger partial charge in [-0.2, -0.15) is 0 Å². The minimum atomic E-state index is 0.152. The maximum atomic E-state index is 5.98. The fraction of sp³-hybridized carbons (Fsp3) is 0.105. The molecule has 3 rings (SSSR count). The Morgan fingerprint density at radius 1 is 1.15 bits per heavy atom. The summed E-state index contributed by atoms with van der Waals surface area (Å²) in [6, 6.07) is 12.9. The van der Waals surface area contributed by atoms with Crippen LogP contribution in [-0.4, -0.2) is 40.9 Å². The molecule has 0 radical (unpaired) electrons. The Labute approximate surface area is 156 Å². The lowest BCUT2D eigenvalue weighted by Crippen LogP contribution is -2.25. The molecule has 8 heteroatoms. The maximum Gasteiger partial charge on any atom is 0.270 e. The molecule has 0 aliphatic rings. The third-order valence-corrected chi connectivity index (χ3v) is 3.66. The number of hydrogen-bond donors (Lipinski definition) is 1. The normalized spacial score (nSPS) is 12.1. The van der Waals surface area contributed by atoms with Gasteiger partial charge in [-0.25, -0.2) is 9.98 Å². The highest BCUT2D eigenvalue weighted by atomic mass is 16.5. The third kappa shape index (κ3) is 4.06. The Balaban J connectivity index is 1.95. The van der Waals surface area contributed by atoms with Crippen molar-refractivity contribution in [2.45, 2.75) is 0 Å². The van der Waals surface area contributed by atoms with E-state index in [4.69, 9.17) is 14.9 Å². The van der Waals surface area contributed by atoms with E-state index in [1.54, 1.807) is 32.5 Å². The van der Waals surface area contributed by atoms with Crippen molar-refractivity contribution < 1.29 is 9.15 Å². The first-order chi connectivity index (χ1) is 13.1. The summed E-state index contributed by atoms with van der Waals surface area (Å²) in [5.74, 6) is 1.16. The summed E-state index contributed by atoms with van der Waals surface area (Å²) < 4.78 is 10.8. The molecule has 0 amide bonds. The minimum absolute atomic E-state index is 0.152. The van der Waals surface area contributed by atoms with Crippen molar-refractivity contribution in [1.82, 2.24) is 15.2 Å². The zero-order valence-corrected chi connectivity index (χ0v) is 15.0. The standard InChI is InChI=1S/C19H18N6O2/c1-12(14-9-10-15(26-3)22-11-14)23-16(17(20)21-2)19-25-24-18(27-19)13-7-5-4-6-8-13/h4-11H,1H2,2-3H3,(H2,20,21). The van der Waals surface area contributed by atoms with Crippen molar-refractivity contribution in [2.24, 2.45) is 15.7 Å². The van der Waals surface area contributed by atoms with Crippen LogP contribution in [0.1, 0.15) is 11.5 Å². The van der Waals surface area contributed by atoms with Crippen LogP contribution >= 0.6 is 0 Å². The Bertz CT molecular complexity index is 991. The second-order valence-electron chi connectivity index (χ2n) is 5.38. The fourth-order valence-corrected chi connectivity index (χ4v) is 2.21. The molecule has 0 unspecified atom stereocenters. The number of hydrogen-bond acceptors (Lipinski definition) is 7. The molecule has 2 heterocycles. The largest absolute Gasteiger partial charge is 0.481 e. The van der Waals surface area contributed by atoms with Gasteiger partial charge in [0.05, 0.1) is 12.8 Å². The minimum Gasteiger partial charge on any atom is -0.481 e. The number of benzene rings is 1. The molecule has 0 aliphatic heterocycles. The number of methoxy groups -OCH3 is 1. The first-order valence-electron chi connectivity index (χ1n) is 8.02. The van der Waals surface area contributed by atoms with Crippen molar-refractivity contribution >= 4 is 17.2 Å². The van der Waals surface area contributed by atoms with E-state index in [1.807, 2.05) is 30.3 Å². The van der Waals surface area contributed by atoms with E-state index in [0.717, 1.165) is 5.56 Å². The molecule has 0 aliphatic carbocycles. The smallest absolute Gasteiger partial charge is 0.270 e. The quantitative estimate of drug-likeness (QED) is 0.533. The summed E-state index contributed by atoms with van der Waals surface area (Å²) in [6.07, 6.45) is 1.60. The highest BCUT2D eigenvalue weighted by molar-refractivity contribution is 6.46. The summed E-state index contributed by atoms with van der Waals surface area (Å²) in [6.45, 7) is 3.96. The number of nitrogens with zero attached hydrogens (tertiary/aromatic N) is 5. The summed E-state index contributed by atoms with van der Waals surface area (Å²) >= 11 is 0. The van der Waals surface area contributed by atoms with Crippen LogP contribution in [0.4, 0.5) is 0 Å². The molecular weight excluding hydrogens is 344 g/mol. The van der Waals surface area contributed by atoms with E-state index in [0.29, 0.717) is 23.0 Å². The van der Waals surface area contributed by atoms with Gasteiger partial charge in [0.15, 0.2) is 5.71 Å². The van der Waals surface area contributed by atoms with Gasteiger partial charge >= 0.3 is 0 Å². The average Bonchev–Trinajstić information content (AvgIpc) is 3.22. The number of nitrogens with two attached hydrogens (primary N) is 1. The van der Waals surface area contributed by atoms with Gasteiger partial charge in [-0.3, -0.25) is 4.99 Å². The second-order valence-corrected chi connectivity index (χ2v) is 5.38. The van der Waals surface area contributed by atoms with E-state index in [2.05, 4.69) is 31.7 Å². The first kappa shape index (κ1) is 18.0. The fourth-order valence-electron chi connectivity index (χ4n) is 2.21. The van der Waals surface area contributed by atoms with Gasteiger partial charge < -0.3 is 14.9 Å². The summed E-state index contributed by atoms with van der Waals surface area (Å²) in [5.41, 5.74) is 8.14. The van der Waals surface area contributed by atoms with E-state index in [1.165, 1.54) is 0 Å². The Morgan fingerprint density at radius 3 is 2.56 bits per heavy atom. The van der Waals surface area contributed by atoms with Crippen molar-refractivity contribution in [2.75, 3.05) is 14.2 Å². The molecule has 0 spiro atoms. The van der Waals surface area contributed by atoms with Gasteiger partial charge in [-0.05, 0) is 18.2 Å². The molecule has 1 aromatic carbocycles. The summed E-state index contributed by atoms with van der Waals surface area (Å²) in [7, 11) is 3.10. The lowest BCUT2D eigenvalue weighted by atomic mass is 10.2. The predicted octanol–water partition coefficient (Wildman–Crippen LogP) is 2.59. The van der Waals surface area contributed by atoms with Gasteiger partial charge in [0.2, 0.25) is 11.8 Å². The number of rotatable bonds is 6. The molecule has 0 fully saturated rings. The van der Waals surface area contributed by atoms with Crippen LogP contribution in [0.25, 0.3) is 17.2 Å². The molecule has 136 valence electrons. The maximum absolute atomic E-state index is 5.98. The average molecular weight is 362 g/mol. The van der Waals surface area contributed by atoms with Crippen molar-refractivity contribution in [1.29, 1.82) is 0 Å². The highest BCUT2D eigenvalue weighted by Crippen LogP contribution is 2.20. The zero-order chi connectivity index (χ0) is 19.2. The van der Waals surface area contributed by atoms with Crippen molar-refractivity contribution in [3.63, 3.8) is 0 Å². The van der Waals surface area contributed by atoms with Crippen molar-refractivity contribution in [3.05, 3.63) is 66.7 Å². The lowest BCUT2D eigenvalue weighted by Gasteiger charge is -2.05. The van der Waals surface area contributed by atoms with E-state index >= 15 is 0 Å². The van der Waals surface area contributed by atoms with Crippen LogP contribution in [-0.2, 0) is 0 Å². The van der Waals surface area contributed by atoms with E-state index in [-0.39, 0.29) is 17.4 Å². The molecule has 0 saturated heterocycles. The number of pyridine rings is 1. The molecule has 2 aromatic heterocycles. The monoisotopic (exact) mass is 362 g/mol. The first-order valence-corrected chi connectivity index (χ1v) is 8.02. The van der Waals surface area contributed by atoms with Crippen LogP contribution in [0.2, 0.25) is 0 Å². The summed E-state index contributed by atoms with van der Waals surface area (Å²) in [4.78, 5) is 12.6. The molecule has 3 aromatic rings. The summed E-state index contributed by atoms with van der Waals surface area (Å²) in [5, 5.41) is 8.11. The van der Waals surface area contributed by atoms with E-state index in [9.17, 15) is 0 Å². The number of aromatic nitrogens is 3.